The Hall–Kier alpha value is -2.39. The third kappa shape index (κ3) is 2.24. The number of aliphatic hydroxyl groups is 1. The highest BCUT2D eigenvalue weighted by Gasteiger charge is 2.08. The summed E-state index contributed by atoms with van der Waals surface area (Å²) in [5, 5.41) is 10.5. The first kappa shape index (κ1) is 12.6. The van der Waals surface area contributed by atoms with Crippen LogP contribution in [0.5, 0.6) is 5.75 Å². The molecule has 0 unspecified atom stereocenters. The highest BCUT2D eigenvalue weighted by molar-refractivity contribution is 5.86. The van der Waals surface area contributed by atoms with Crippen LogP contribution in [0.3, 0.4) is 0 Å². The molecule has 20 heavy (non-hydrogen) atoms. The van der Waals surface area contributed by atoms with E-state index in [4.69, 9.17) is 4.74 Å². The number of fused-ring (bicyclic) bond motifs is 1. The van der Waals surface area contributed by atoms with Crippen molar-refractivity contribution in [1.29, 1.82) is 0 Å². The molecule has 3 heteroatoms. The van der Waals surface area contributed by atoms with Gasteiger partial charge < -0.3 is 9.84 Å². The third-order valence-corrected chi connectivity index (χ3v) is 3.34. The number of nitrogens with zero attached hydrogens (tertiary/aromatic N) is 1. The van der Waals surface area contributed by atoms with Crippen molar-refractivity contribution in [3.8, 4) is 17.0 Å². The number of pyridine rings is 1. The average molecular weight is 265 g/mol. The minimum atomic E-state index is -0.00875. The van der Waals surface area contributed by atoms with Crippen molar-refractivity contribution in [2.75, 3.05) is 7.11 Å². The normalized spacial score (nSPS) is 10.7. The number of rotatable bonds is 3. The van der Waals surface area contributed by atoms with Crippen LogP contribution in [0.1, 0.15) is 5.56 Å². The summed E-state index contributed by atoms with van der Waals surface area (Å²) in [6, 6.07) is 17.6. The van der Waals surface area contributed by atoms with Gasteiger partial charge in [0, 0.05) is 17.0 Å². The molecule has 0 aliphatic heterocycles. The summed E-state index contributed by atoms with van der Waals surface area (Å²) in [7, 11) is 1.63. The number of ether oxygens (including phenoxy) is 1. The van der Waals surface area contributed by atoms with E-state index in [1.807, 2.05) is 54.6 Å². The number of methoxy groups -OCH3 is 1. The molecule has 3 aromatic rings. The van der Waals surface area contributed by atoms with E-state index in [9.17, 15) is 5.11 Å². The van der Waals surface area contributed by atoms with E-state index in [2.05, 4.69) is 4.98 Å². The lowest BCUT2D eigenvalue weighted by atomic mass is 10.0. The maximum Gasteiger partial charge on any atom is 0.121 e. The molecule has 0 aliphatic carbocycles. The molecule has 0 spiro atoms. The summed E-state index contributed by atoms with van der Waals surface area (Å²) in [6.07, 6.45) is 0. The quantitative estimate of drug-likeness (QED) is 0.789. The Morgan fingerprint density at radius 2 is 1.85 bits per heavy atom. The zero-order valence-electron chi connectivity index (χ0n) is 11.2. The molecule has 2 aromatic carbocycles. The van der Waals surface area contributed by atoms with E-state index in [0.717, 1.165) is 33.5 Å². The highest BCUT2D eigenvalue weighted by Crippen LogP contribution is 2.27. The zero-order valence-corrected chi connectivity index (χ0v) is 11.2. The van der Waals surface area contributed by atoms with Crippen LogP contribution < -0.4 is 4.74 Å². The van der Waals surface area contributed by atoms with Gasteiger partial charge in [-0.1, -0.05) is 30.3 Å². The molecule has 0 radical (unpaired) electrons. The molecular weight excluding hydrogens is 250 g/mol. The second kappa shape index (κ2) is 5.31. The van der Waals surface area contributed by atoms with Crippen LogP contribution in [0.2, 0.25) is 0 Å². The van der Waals surface area contributed by atoms with Gasteiger partial charge in [0.1, 0.15) is 5.75 Å². The first-order valence-electron chi connectivity index (χ1n) is 6.46. The maximum absolute atomic E-state index is 9.57. The minimum Gasteiger partial charge on any atom is -0.497 e. The van der Waals surface area contributed by atoms with Gasteiger partial charge in [0.25, 0.3) is 0 Å². The van der Waals surface area contributed by atoms with Crippen LogP contribution in [0.15, 0.2) is 54.6 Å². The van der Waals surface area contributed by atoms with Gasteiger partial charge in [-0.25, -0.2) is 4.98 Å². The standard InChI is InChI=1S/C17H15NO2/c1-20-14-7-8-15-13(11-19)9-16(18-17(15)10-14)12-5-3-2-4-6-12/h2-10,19H,11H2,1H3. The smallest absolute Gasteiger partial charge is 0.121 e. The molecule has 3 nitrogen and oxygen atoms in total. The zero-order chi connectivity index (χ0) is 13.9. The van der Waals surface area contributed by atoms with Gasteiger partial charge in [-0.2, -0.15) is 0 Å². The summed E-state index contributed by atoms with van der Waals surface area (Å²) >= 11 is 0. The van der Waals surface area contributed by atoms with Crippen molar-refractivity contribution in [2.45, 2.75) is 6.61 Å². The van der Waals surface area contributed by atoms with E-state index in [1.54, 1.807) is 7.11 Å². The summed E-state index contributed by atoms with van der Waals surface area (Å²) in [4.78, 5) is 4.67. The second-order valence-electron chi connectivity index (χ2n) is 4.57. The largest absolute Gasteiger partial charge is 0.497 e. The molecular formula is C17H15NO2. The average Bonchev–Trinajstić information content (AvgIpc) is 2.54. The van der Waals surface area contributed by atoms with Crippen LogP contribution in [0.4, 0.5) is 0 Å². The monoisotopic (exact) mass is 265 g/mol. The van der Waals surface area contributed by atoms with E-state index in [1.165, 1.54) is 0 Å². The molecule has 1 aromatic heterocycles. The van der Waals surface area contributed by atoms with E-state index in [0.29, 0.717) is 0 Å². The minimum absolute atomic E-state index is 0.00875. The van der Waals surface area contributed by atoms with Crippen molar-refractivity contribution >= 4 is 10.9 Å². The third-order valence-electron chi connectivity index (χ3n) is 3.34. The van der Waals surface area contributed by atoms with E-state index < -0.39 is 0 Å². The Balaban J connectivity index is 2.24. The van der Waals surface area contributed by atoms with Gasteiger partial charge in [0.2, 0.25) is 0 Å². The molecule has 100 valence electrons. The van der Waals surface area contributed by atoms with Crippen molar-refractivity contribution in [1.82, 2.24) is 4.98 Å². The van der Waals surface area contributed by atoms with Crippen LogP contribution in [-0.4, -0.2) is 17.2 Å². The molecule has 0 aliphatic rings. The topological polar surface area (TPSA) is 42.4 Å². The first-order valence-corrected chi connectivity index (χ1v) is 6.46. The Morgan fingerprint density at radius 1 is 1.05 bits per heavy atom. The fraction of sp³-hybridized carbons (Fsp3) is 0.118. The van der Waals surface area contributed by atoms with Gasteiger partial charge in [-0.15, -0.1) is 0 Å². The summed E-state index contributed by atoms with van der Waals surface area (Å²) in [5.41, 5.74) is 3.59. The molecule has 0 bridgehead atoms. The number of aliphatic hydroxyl groups excluding tert-OH is 1. The lowest BCUT2D eigenvalue weighted by Crippen LogP contribution is -1.93. The molecule has 0 amide bonds. The predicted octanol–water partition coefficient (Wildman–Crippen LogP) is 3.40. The SMILES string of the molecule is COc1ccc2c(CO)cc(-c3ccccc3)nc2c1. The van der Waals surface area contributed by atoms with Gasteiger partial charge in [0.05, 0.1) is 24.9 Å². The maximum atomic E-state index is 9.57. The highest BCUT2D eigenvalue weighted by atomic mass is 16.5. The van der Waals surface area contributed by atoms with Crippen LogP contribution >= 0.6 is 0 Å². The fourth-order valence-corrected chi connectivity index (χ4v) is 2.29. The Labute approximate surface area is 117 Å². The molecule has 1 heterocycles. The van der Waals surface area contributed by atoms with Crippen LogP contribution in [0, 0.1) is 0 Å². The molecule has 0 atom stereocenters. The molecule has 3 rings (SSSR count). The van der Waals surface area contributed by atoms with Gasteiger partial charge in [0.15, 0.2) is 0 Å². The van der Waals surface area contributed by atoms with Crippen LogP contribution in [-0.2, 0) is 6.61 Å². The summed E-state index contributed by atoms with van der Waals surface area (Å²) < 4.78 is 5.24. The summed E-state index contributed by atoms with van der Waals surface area (Å²) in [5.74, 6) is 0.763. The number of hydrogen-bond acceptors (Lipinski definition) is 3. The van der Waals surface area contributed by atoms with Crippen molar-refractivity contribution in [3.05, 3.63) is 60.2 Å². The van der Waals surface area contributed by atoms with E-state index >= 15 is 0 Å². The first-order chi connectivity index (χ1) is 9.81. The van der Waals surface area contributed by atoms with Gasteiger partial charge in [-0.3, -0.25) is 0 Å². The van der Waals surface area contributed by atoms with Gasteiger partial charge >= 0.3 is 0 Å². The van der Waals surface area contributed by atoms with E-state index in [-0.39, 0.29) is 6.61 Å². The Kier molecular flexibility index (Phi) is 3.35. The number of benzene rings is 2. The van der Waals surface area contributed by atoms with Gasteiger partial charge in [-0.05, 0) is 23.8 Å². The molecule has 0 saturated heterocycles. The van der Waals surface area contributed by atoms with Crippen molar-refractivity contribution in [2.24, 2.45) is 0 Å². The Morgan fingerprint density at radius 3 is 2.55 bits per heavy atom. The van der Waals surface area contributed by atoms with Crippen molar-refractivity contribution in [3.63, 3.8) is 0 Å². The number of hydrogen-bond donors (Lipinski definition) is 1. The Bertz CT molecular complexity index is 739. The molecule has 1 N–H and O–H groups in total. The van der Waals surface area contributed by atoms with Crippen molar-refractivity contribution < 1.29 is 9.84 Å². The second-order valence-corrected chi connectivity index (χ2v) is 4.57. The fourth-order valence-electron chi connectivity index (χ4n) is 2.29. The number of aromatic nitrogens is 1. The lowest BCUT2D eigenvalue weighted by molar-refractivity contribution is 0.283. The molecule has 0 fully saturated rings. The lowest BCUT2D eigenvalue weighted by Gasteiger charge is -2.09. The molecule has 0 saturated carbocycles. The summed E-state index contributed by atoms with van der Waals surface area (Å²) in [6.45, 7) is -0.00875. The predicted molar refractivity (Wildman–Crippen MR) is 79.7 cm³/mol. The van der Waals surface area contributed by atoms with Crippen LogP contribution in [0.25, 0.3) is 22.2 Å².